The van der Waals surface area contributed by atoms with Crippen LogP contribution in [0.2, 0.25) is 5.02 Å². The van der Waals surface area contributed by atoms with Crippen LogP contribution in [0, 0.1) is 12.8 Å². The third kappa shape index (κ3) is 2.42. The van der Waals surface area contributed by atoms with E-state index >= 15 is 0 Å². The highest BCUT2D eigenvalue weighted by Crippen LogP contribution is 2.28. The molecule has 1 fully saturated rings. The molecule has 1 aromatic heterocycles. The maximum Gasteiger partial charge on any atom is 0.0860 e. The Labute approximate surface area is 114 Å². The molecule has 18 heavy (non-hydrogen) atoms. The molecule has 0 aromatic carbocycles. The zero-order valence-corrected chi connectivity index (χ0v) is 12.1. The molecular formula is C13H22ClN3O. The average molecular weight is 272 g/mol. The first-order valence-electron chi connectivity index (χ1n) is 6.65. The van der Waals surface area contributed by atoms with Crippen molar-refractivity contribution in [2.75, 3.05) is 13.2 Å². The van der Waals surface area contributed by atoms with Crippen molar-refractivity contribution in [3.8, 4) is 0 Å². The van der Waals surface area contributed by atoms with E-state index in [-0.39, 0.29) is 12.6 Å². The van der Waals surface area contributed by atoms with Gasteiger partial charge in [-0.2, -0.15) is 5.10 Å². The lowest BCUT2D eigenvalue weighted by Gasteiger charge is -2.25. The van der Waals surface area contributed by atoms with Crippen LogP contribution in [-0.4, -0.2) is 39.0 Å². The molecule has 1 N–H and O–H groups in total. The fraction of sp³-hybridized carbons (Fsp3) is 0.769. The molecule has 2 unspecified atom stereocenters. The van der Waals surface area contributed by atoms with Gasteiger partial charge in [-0.05, 0) is 32.7 Å². The van der Waals surface area contributed by atoms with Crippen LogP contribution in [0.15, 0.2) is 0 Å². The van der Waals surface area contributed by atoms with Crippen molar-refractivity contribution in [1.82, 2.24) is 14.7 Å². The Morgan fingerprint density at radius 3 is 2.83 bits per heavy atom. The van der Waals surface area contributed by atoms with Crippen LogP contribution in [0.3, 0.4) is 0 Å². The summed E-state index contributed by atoms with van der Waals surface area (Å²) in [5.74, 6) is 0.549. The van der Waals surface area contributed by atoms with Crippen molar-refractivity contribution < 1.29 is 5.11 Å². The van der Waals surface area contributed by atoms with E-state index in [2.05, 4.69) is 23.8 Å². The van der Waals surface area contributed by atoms with Crippen molar-refractivity contribution in [3.63, 3.8) is 0 Å². The van der Waals surface area contributed by atoms with Crippen molar-refractivity contribution in [3.05, 3.63) is 16.4 Å². The summed E-state index contributed by atoms with van der Waals surface area (Å²) < 4.78 is 1.97. The van der Waals surface area contributed by atoms with Crippen LogP contribution in [0.25, 0.3) is 0 Å². The Morgan fingerprint density at radius 2 is 2.22 bits per heavy atom. The van der Waals surface area contributed by atoms with E-state index in [1.165, 1.54) is 0 Å². The quantitative estimate of drug-likeness (QED) is 0.912. The summed E-state index contributed by atoms with van der Waals surface area (Å²) in [4.78, 5) is 2.32. The van der Waals surface area contributed by atoms with E-state index in [1.807, 2.05) is 11.6 Å². The van der Waals surface area contributed by atoms with Crippen molar-refractivity contribution >= 4 is 11.6 Å². The molecule has 0 amide bonds. The highest BCUT2D eigenvalue weighted by atomic mass is 35.5. The Hall–Kier alpha value is -0.580. The van der Waals surface area contributed by atoms with E-state index < -0.39 is 0 Å². The normalized spacial score (nSPS) is 24.9. The van der Waals surface area contributed by atoms with Gasteiger partial charge < -0.3 is 5.11 Å². The number of aryl methyl sites for hydroxylation is 2. The number of aromatic nitrogens is 2. The van der Waals surface area contributed by atoms with E-state index in [1.54, 1.807) is 0 Å². The zero-order valence-electron chi connectivity index (χ0n) is 11.4. The molecule has 0 radical (unpaired) electrons. The Kier molecular flexibility index (Phi) is 4.30. The predicted molar refractivity (Wildman–Crippen MR) is 72.7 cm³/mol. The van der Waals surface area contributed by atoms with Crippen LogP contribution in [0.1, 0.15) is 31.7 Å². The van der Waals surface area contributed by atoms with Crippen LogP contribution in [-0.2, 0) is 13.1 Å². The largest absolute Gasteiger partial charge is 0.395 e. The number of aliphatic hydroxyl groups is 1. The number of halogens is 1. The van der Waals surface area contributed by atoms with Gasteiger partial charge in [0.1, 0.15) is 0 Å². The van der Waals surface area contributed by atoms with E-state index in [9.17, 15) is 5.11 Å². The first kappa shape index (κ1) is 13.8. The number of likely N-dealkylation sites (tertiary alicyclic amines) is 1. The minimum absolute atomic E-state index is 0.220. The van der Waals surface area contributed by atoms with Crippen molar-refractivity contribution in [1.29, 1.82) is 0 Å². The van der Waals surface area contributed by atoms with Crippen molar-refractivity contribution in [2.24, 2.45) is 5.92 Å². The molecule has 4 nitrogen and oxygen atoms in total. The standard InChI is InChI=1S/C13H22ClN3O/c1-4-17-11(13(14)10(3)15-17)7-16-6-5-9(2)12(16)8-18/h9,12,18H,4-8H2,1-3H3. The third-order valence-electron chi connectivity index (χ3n) is 3.99. The topological polar surface area (TPSA) is 41.3 Å². The van der Waals surface area contributed by atoms with Gasteiger partial charge in [0, 0.05) is 19.1 Å². The van der Waals surface area contributed by atoms with Gasteiger partial charge in [0.15, 0.2) is 0 Å². The second kappa shape index (κ2) is 5.59. The van der Waals surface area contributed by atoms with E-state index in [4.69, 9.17) is 11.6 Å². The lowest BCUT2D eigenvalue weighted by molar-refractivity contribution is 0.132. The second-order valence-electron chi connectivity index (χ2n) is 5.15. The molecule has 1 aliphatic rings. The smallest absolute Gasteiger partial charge is 0.0860 e. The SMILES string of the molecule is CCn1nc(C)c(Cl)c1CN1CCC(C)C1CO. The maximum absolute atomic E-state index is 9.49. The van der Waals surface area contributed by atoms with Gasteiger partial charge >= 0.3 is 0 Å². The van der Waals surface area contributed by atoms with Crippen LogP contribution < -0.4 is 0 Å². The number of rotatable bonds is 4. The van der Waals surface area contributed by atoms with Gasteiger partial charge in [-0.25, -0.2) is 0 Å². The molecule has 0 spiro atoms. The van der Waals surface area contributed by atoms with E-state index in [0.717, 1.165) is 42.5 Å². The second-order valence-corrected chi connectivity index (χ2v) is 5.53. The van der Waals surface area contributed by atoms with Gasteiger partial charge in [-0.3, -0.25) is 9.58 Å². The summed E-state index contributed by atoms with van der Waals surface area (Å²) in [6.07, 6.45) is 1.14. The first-order valence-corrected chi connectivity index (χ1v) is 7.03. The lowest BCUT2D eigenvalue weighted by atomic mass is 10.0. The summed E-state index contributed by atoms with van der Waals surface area (Å²) in [5.41, 5.74) is 1.96. The molecule has 0 aliphatic carbocycles. The minimum Gasteiger partial charge on any atom is -0.395 e. The first-order chi connectivity index (χ1) is 8.58. The summed E-state index contributed by atoms with van der Waals surface area (Å²) in [7, 11) is 0. The Bertz CT molecular complexity index is 419. The number of hydrogen-bond acceptors (Lipinski definition) is 3. The summed E-state index contributed by atoms with van der Waals surface area (Å²) >= 11 is 6.33. The van der Waals surface area contributed by atoms with E-state index in [0.29, 0.717) is 5.92 Å². The Morgan fingerprint density at radius 1 is 1.50 bits per heavy atom. The van der Waals surface area contributed by atoms with Crippen LogP contribution in [0.5, 0.6) is 0 Å². The molecule has 5 heteroatoms. The lowest BCUT2D eigenvalue weighted by Crippen LogP contribution is -2.35. The molecule has 102 valence electrons. The maximum atomic E-state index is 9.49. The minimum atomic E-state index is 0.220. The number of aliphatic hydroxyl groups excluding tert-OH is 1. The van der Waals surface area contributed by atoms with Gasteiger partial charge in [0.25, 0.3) is 0 Å². The molecule has 2 heterocycles. The zero-order chi connectivity index (χ0) is 13.3. The van der Waals surface area contributed by atoms with Gasteiger partial charge in [-0.15, -0.1) is 0 Å². The van der Waals surface area contributed by atoms with Gasteiger partial charge in [-0.1, -0.05) is 18.5 Å². The Balaban J connectivity index is 2.19. The summed E-state index contributed by atoms with van der Waals surface area (Å²) in [6.45, 7) is 9.06. The predicted octanol–water partition coefficient (Wildman–Crippen LogP) is 2.07. The molecular weight excluding hydrogens is 250 g/mol. The fourth-order valence-corrected chi connectivity index (χ4v) is 2.99. The fourth-order valence-electron chi connectivity index (χ4n) is 2.79. The molecule has 0 bridgehead atoms. The molecule has 0 saturated carbocycles. The van der Waals surface area contributed by atoms with Crippen molar-refractivity contribution in [2.45, 2.75) is 46.3 Å². The molecule has 2 rings (SSSR count). The molecule has 1 aliphatic heterocycles. The number of nitrogens with zero attached hydrogens (tertiary/aromatic N) is 3. The van der Waals surface area contributed by atoms with Crippen LogP contribution >= 0.6 is 11.6 Å². The van der Waals surface area contributed by atoms with Crippen LogP contribution in [0.4, 0.5) is 0 Å². The average Bonchev–Trinajstić information content (AvgIpc) is 2.84. The van der Waals surface area contributed by atoms with Gasteiger partial charge in [0.05, 0.1) is 23.0 Å². The monoisotopic (exact) mass is 271 g/mol. The summed E-state index contributed by atoms with van der Waals surface area (Å²) in [5, 5.41) is 14.7. The molecule has 1 aromatic rings. The summed E-state index contributed by atoms with van der Waals surface area (Å²) in [6, 6.07) is 0.251. The number of hydrogen-bond donors (Lipinski definition) is 1. The third-order valence-corrected chi connectivity index (χ3v) is 4.48. The highest BCUT2D eigenvalue weighted by Gasteiger charge is 2.31. The molecule has 1 saturated heterocycles. The molecule has 2 atom stereocenters. The van der Waals surface area contributed by atoms with Gasteiger partial charge in [0.2, 0.25) is 0 Å². The highest BCUT2D eigenvalue weighted by molar-refractivity contribution is 6.31.